The summed E-state index contributed by atoms with van der Waals surface area (Å²) in [6.45, 7) is 6.92. The minimum atomic E-state index is -0.314. The van der Waals surface area contributed by atoms with Crippen molar-refractivity contribution in [3.05, 3.63) is 16.4 Å². The highest BCUT2D eigenvalue weighted by molar-refractivity contribution is 6.31. The van der Waals surface area contributed by atoms with Gasteiger partial charge < -0.3 is 10.4 Å². The summed E-state index contributed by atoms with van der Waals surface area (Å²) in [4.78, 5) is 0. The predicted octanol–water partition coefficient (Wildman–Crippen LogP) is 2.02. The van der Waals surface area contributed by atoms with Crippen molar-refractivity contribution in [2.45, 2.75) is 52.2 Å². The molecule has 0 radical (unpaired) electrons. The number of aryl methyl sites for hydroxylation is 2. The van der Waals surface area contributed by atoms with Gasteiger partial charge in [0.15, 0.2) is 0 Å². The molecule has 0 amide bonds. The Hall–Kier alpha value is -0.580. The molecular weight excluding hydrogens is 262 g/mol. The number of nitrogens with zero attached hydrogens (tertiary/aromatic N) is 2. The molecule has 1 aliphatic heterocycles. The van der Waals surface area contributed by atoms with Crippen molar-refractivity contribution in [2.24, 2.45) is 5.92 Å². The molecule has 1 aromatic rings. The average molecular weight is 286 g/mol. The molecule has 0 aliphatic carbocycles. The maximum atomic E-state index is 10.4. The number of halogens is 1. The van der Waals surface area contributed by atoms with E-state index in [2.05, 4.69) is 24.3 Å². The van der Waals surface area contributed by atoms with Crippen LogP contribution in [0.3, 0.4) is 0 Å². The van der Waals surface area contributed by atoms with Crippen LogP contribution < -0.4 is 5.32 Å². The molecule has 1 unspecified atom stereocenters. The fraction of sp³-hybridized carbons (Fsp3) is 0.786. The first-order valence-electron chi connectivity index (χ1n) is 7.30. The Morgan fingerprint density at radius 3 is 2.68 bits per heavy atom. The Labute approximate surface area is 120 Å². The number of rotatable bonds is 5. The van der Waals surface area contributed by atoms with Crippen molar-refractivity contribution in [3.63, 3.8) is 0 Å². The molecule has 2 rings (SSSR count). The van der Waals surface area contributed by atoms with Gasteiger partial charge in [0.25, 0.3) is 0 Å². The van der Waals surface area contributed by atoms with Gasteiger partial charge >= 0.3 is 0 Å². The van der Waals surface area contributed by atoms with Crippen molar-refractivity contribution < 1.29 is 5.11 Å². The maximum Gasteiger partial charge on any atom is 0.0850 e. The first kappa shape index (κ1) is 14.8. The van der Waals surface area contributed by atoms with Crippen molar-refractivity contribution in [3.8, 4) is 0 Å². The van der Waals surface area contributed by atoms with Gasteiger partial charge in [-0.1, -0.05) is 18.5 Å². The Balaban J connectivity index is 2.10. The fourth-order valence-electron chi connectivity index (χ4n) is 2.81. The van der Waals surface area contributed by atoms with Crippen molar-refractivity contribution >= 4 is 11.6 Å². The van der Waals surface area contributed by atoms with E-state index in [1.54, 1.807) is 0 Å². The van der Waals surface area contributed by atoms with Crippen LogP contribution in [0.4, 0.5) is 0 Å². The molecule has 2 heterocycles. The lowest BCUT2D eigenvalue weighted by Gasteiger charge is -2.27. The van der Waals surface area contributed by atoms with E-state index in [4.69, 9.17) is 11.6 Å². The van der Waals surface area contributed by atoms with Gasteiger partial charge in [0.05, 0.1) is 22.5 Å². The molecule has 0 spiro atoms. The third kappa shape index (κ3) is 3.30. The topological polar surface area (TPSA) is 50.1 Å². The van der Waals surface area contributed by atoms with Crippen LogP contribution >= 0.6 is 11.6 Å². The summed E-state index contributed by atoms with van der Waals surface area (Å²) in [5.41, 5.74) is 1.93. The zero-order valence-electron chi connectivity index (χ0n) is 11.8. The third-order valence-electron chi connectivity index (χ3n) is 4.02. The fourth-order valence-corrected chi connectivity index (χ4v) is 3.15. The summed E-state index contributed by atoms with van der Waals surface area (Å²) in [6.07, 6.45) is 3.22. The zero-order chi connectivity index (χ0) is 13.8. The molecule has 108 valence electrons. The van der Waals surface area contributed by atoms with Crippen LogP contribution in [0, 0.1) is 5.92 Å². The molecule has 2 N–H and O–H groups in total. The van der Waals surface area contributed by atoms with Crippen LogP contribution in [0.2, 0.25) is 5.02 Å². The number of hydrogen-bond acceptors (Lipinski definition) is 3. The number of aliphatic hydroxyl groups excluding tert-OH is 1. The summed E-state index contributed by atoms with van der Waals surface area (Å²) < 4.78 is 1.94. The maximum absolute atomic E-state index is 10.4. The van der Waals surface area contributed by atoms with Gasteiger partial charge in [-0.2, -0.15) is 5.10 Å². The van der Waals surface area contributed by atoms with E-state index in [0.717, 1.165) is 55.3 Å². The van der Waals surface area contributed by atoms with E-state index >= 15 is 0 Å². The van der Waals surface area contributed by atoms with Gasteiger partial charge in [-0.25, -0.2) is 0 Å². The molecule has 1 atom stereocenters. The van der Waals surface area contributed by atoms with Crippen molar-refractivity contribution in [1.82, 2.24) is 15.1 Å². The van der Waals surface area contributed by atoms with Crippen LogP contribution in [-0.4, -0.2) is 34.1 Å². The van der Waals surface area contributed by atoms with E-state index in [-0.39, 0.29) is 6.10 Å². The summed E-state index contributed by atoms with van der Waals surface area (Å²) in [6, 6.07) is 0. The van der Waals surface area contributed by atoms with Crippen molar-refractivity contribution in [1.29, 1.82) is 0 Å². The first-order valence-corrected chi connectivity index (χ1v) is 7.68. The van der Waals surface area contributed by atoms with Crippen molar-refractivity contribution in [2.75, 3.05) is 13.1 Å². The highest BCUT2D eigenvalue weighted by Gasteiger charge is 2.25. The minimum absolute atomic E-state index is 0.314. The van der Waals surface area contributed by atoms with E-state index in [9.17, 15) is 5.11 Å². The summed E-state index contributed by atoms with van der Waals surface area (Å²) in [7, 11) is 0. The molecule has 1 saturated heterocycles. The van der Waals surface area contributed by atoms with Gasteiger partial charge in [-0.15, -0.1) is 0 Å². The highest BCUT2D eigenvalue weighted by atomic mass is 35.5. The molecule has 5 heteroatoms. The van der Waals surface area contributed by atoms with E-state index in [1.807, 2.05) is 4.68 Å². The van der Waals surface area contributed by atoms with E-state index in [1.165, 1.54) is 0 Å². The molecule has 0 aromatic carbocycles. The average Bonchev–Trinajstić information content (AvgIpc) is 2.76. The number of hydrogen-bond donors (Lipinski definition) is 2. The minimum Gasteiger partial charge on any atom is -0.392 e. The van der Waals surface area contributed by atoms with Gasteiger partial charge in [0.1, 0.15) is 0 Å². The van der Waals surface area contributed by atoms with Gasteiger partial charge in [0, 0.05) is 13.0 Å². The van der Waals surface area contributed by atoms with Crippen LogP contribution in [-0.2, 0) is 19.4 Å². The second-order valence-electron chi connectivity index (χ2n) is 5.24. The second kappa shape index (κ2) is 6.73. The molecule has 4 nitrogen and oxygen atoms in total. The standard InChI is InChI=1S/C14H24ClN3O/c1-3-11-14(15)12(18(4-2)17-11)9-13(19)10-5-7-16-8-6-10/h10,13,16,19H,3-9H2,1-2H3. The lowest BCUT2D eigenvalue weighted by Crippen LogP contribution is -2.35. The number of piperidine rings is 1. The smallest absolute Gasteiger partial charge is 0.0850 e. The summed E-state index contributed by atoms with van der Waals surface area (Å²) in [5.74, 6) is 0.377. The normalized spacial score (nSPS) is 18.7. The first-order chi connectivity index (χ1) is 9.17. The van der Waals surface area contributed by atoms with E-state index in [0.29, 0.717) is 12.3 Å². The Morgan fingerprint density at radius 1 is 1.42 bits per heavy atom. The molecule has 0 saturated carbocycles. The molecule has 0 bridgehead atoms. The zero-order valence-corrected chi connectivity index (χ0v) is 12.6. The number of aliphatic hydroxyl groups is 1. The molecule has 1 aromatic heterocycles. The lowest BCUT2D eigenvalue weighted by atomic mass is 9.89. The SMILES string of the molecule is CCc1nn(CC)c(CC(O)C2CCNCC2)c1Cl. The largest absolute Gasteiger partial charge is 0.392 e. The number of nitrogens with one attached hydrogen (secondary N) is 1. The molecule has 1 aliphatic rings. The predicted molar refractivity (Wildman–Crippen MR) is 77.6 cm³/mol. The van der Waals surface area contributed by atoms with Crippen LogP contribution in [0.1, 0.15) is 38.1 Å². The van der Waals surface area contributed by atoms with Gasteiger partial charge in [0.2, 0.25) is 0 Å². The molecular formula is C14H24ClN3O. The third-order valence-corrected chi connectivity index (χ3v) is 4.46. The van der Waals surface area contributed by atoms with Gasteiger partial charge in [-0.3, -0.25) is 4.68 Å². The van der Waals surface area contributed by atoms with Crippen LogP contribution in [0.5, 0.6) is 0 Å². The summed E-state index contributed by atoms with van der Waals surface area (Å²) in [5, 5.41) is 19.0. The van der Waals surface area contributed by atoms with Gasteiger partial charge in [-0.05, 0) is 45.2 Å². The van der Waals surface area contributed by atoms with Crippen LogP contribution in [0.25, 0.3) is 0 Å². The molecule has 1 fully saturated rings. The molecule has 19 heavy (non-hydrogen) atoms. The summed E-state index contributed by atoms with van der Waals surface area (Å²) >= 11 is 6.38. The Bertz CT molecular complexity index is 413. The highest BCUT2D eigenvalue weighted by Crippen LogP contribution is 2.26. The van der Waals surface area contributed by atoms with Crippen LogP contribution in [0.15, 0.2) is 0 Å². The monoisotopic (exact) mass is 285 g/mol. The van der Waals surface area contributed by atoms with E-state index < -0.39 is 0 Å². The number of aromatic nitrogens is 2. The second-order valence-corrected chi connectivity index (χ2v) is 5.61. The Morgan fingerprint density at radius 2 is 2.11 bits per heavy atom. The lowest BCUT2D eigenvalue weighted by molar-refractivity contribution is 0.0872. The Kier molecular flexibility index (Phi) is 5.25. The quantitative estimate of drug-likeness (QED) is 0.870.